The number of hydrogen-bond donors (Lipinski definition) is 1. The largest absolute Gasteiger partial charge is 0.480 e. The van der Waals surface area contributed by atoms with Gasteiger partial charge in [0.25, 0.3) is 0 Å². The summed E-state index contributed by atoms with van der Waals surface area (Å²) in [4.78, 5) is 11.0. The van der Waals surface area contributed by atoms with Crippen molar-refractivity contribution in [1.82, 2.24) is 0 Å². The van der Waals surface area contributed by atoms with Crippen LogP contribution < -0.4 is 0 Å². The monoisotopic (exact) mass is 320 g/mol. The highest BCUT2D eigenvalue weighted by atomic mass is 79.9. The number of carbonyl (C=O) groups is 1. The Hall–Kier alpha value is -0.880. The van der Waals surface area contributed by atoms with E-state index in [4.69, 9.17) is 5.11 Å². The molecule has 0 radical (unpaired) electrons. The van der Waals surface area contributed by atoms with Gasteiger partial charge in [0.15, 0.2) is 15.1 Å². The summed E-state index contributed by atoms with van der Waals surface area (Å²) < 4.78 is 24.9. The number of halogens is 1. The normalized spacial score (nSPS) is 13.3. The summed E-state index contributed by atoms with van der Waals surface area (Å²) in [5.74, 6) is -1.30. The van der Waals surface area contributed by atoms with Crippen molar-refractivity contribution in [2.45, 2.75) is 29.9 Å². The van der Waals surface area contributed by atoms with Crippen LogP contribution in [0.5, 0.6) is 0 Å². The van der Waals surface area contributed by atoms with E-state index in [1.165, 1.54) is 12.1 Å². The van der Waals surface area contributed by atoms with Gasteiger partial charge in [-0.1, -0.05) is 29.3 Å². The van der Waals surface area contributed by atoms with E-state index in [1.54, 1.807) is 19.1 Å². The molecule has 94 valence electrons. The van der Waals surface area contributed by atoms with E-state index in [9.17, 15) is 13.2 Å². The lowest BCUT2D eigenvalue weighted by Crippen LogP contribution is -2.30. The van der Waals surface area contributed by atoms with Crippen LogP contribution in [-0.4, -0.2) is 24.7 Å². The maximum absolute atomic E-state index is 12.1. The van der Waals surface area contributed by atoms with Crippen LogP contribution in [0.15, 0.2) is 33.6 Å². The maximum Gasteiger partial charge on any atom is 0.322 e. The van der Waals surface area contributed by atoms with E-state index in [-0.39, 0.29) is 11.3 Å². The second-order valence-electron chi connectivity index (χ2n) is 3.61. The molecule has 0 aliphatic rings. The van der Waals surface area contributed by atoms with E-state index in [0.29, 0.717) is 6.42 Å². The highest BCUT2D eigenvalue weighted by Crippen LogP contribution is 2.21. The van der Waals surface area contributed by atoms with E-state index in [0.717, 1.165) is 4.47 Å². The number of hydrogen-bond acceptors (Lipinski definition) is 3. The third-order valence-electron chi connectivity index (χ3n) is 2.34. The molecule has 0 bridgehead atoms. The van der Waals surface area contributed by atoms with Gasteiger partial charge in [-0.15, -0.1) is 0 Å². The number of sulfone groups is 1. The molecule has 0 spiro atoms. The molecule has 1 aromatic carbocycles. The molecule has 1 rings (SSSR count). The van der Waals surface area contributed by atoms with Gasteiger partial charge in [0, 0.05) is 4.47 Å². The topological polar surface area (TPSA) is 71.4 Å². The molecule has 1 unspecified atom stereocenters. The van der Waals surface area contributed by atoms with Crippen LogP contribution in [0.3, 0.4) is 0 Å². The maximum atomic E-state index is 12.1. The Labute approximate surface area is 109 Å². The fourth-order valence-electron chi connectivity index (χ4n) is 1.46. The number of rotatable bonds is 5. The lowest BCUT2D eigenvalue weighted by molar-refractivity contribution is -0.136. The first-order valence-electron chi connectivity index (χ1n) is 5.12. The standard InChI is InChI=1S/C11H13BrO4S/c1-2-3-10(11(13)14)17(15,16)9-6-4-8(12)5-7-9/h4-7,10H,2-3H2,1H3,(H,13,14). The average molecular weight is 321 g/mol. The molecule has 4 nitrogen and oxygen atoms in total. The molecule has 6 heteroatoms. The summed E-state index contributed by atoms with van der Waals surface area (Å²) in [6.45, 7) is 1.76. The van der Waals surface area contributed by atoms with E-state index >= 15 is 0 Å². The first kappa shape index (κ1) is 14.2. The molecule has 1 N–H and O–H groups in total. The van der Waals surface area contributed by atoms with Gasteiger partial charge >= 0.3 is 5.97 Å². The van der Waals surface area contributed by atoms with Crippen molar-refractivity contribution in [2.24, 2.45) is 0 Å². The third-order valence-corrected chi connectivity index (χ3v) is 4.99. The number of benzene rings is 1. The highest BCUT2D eigenvalue weighted by molar-refractivity contribution is 9.10. The summed E-state index contributed by atoms with van der Waals surface area (Å²) in [5, 5.41) is 7.60. The van der Waals surface area contributed by atoms with Crippen LogP contribution in [0.1, 0.15) is 19.8 Å². The minimum atomic E-state index is -3.80. The molecule has 0 aliphatic heterocycles. The Bertz CT molecular complexity index is 493. The first-order valence-corrected chi connectivity index (χ1v) is 7.45. The number of carboxylic acid groups (broad SMARTS) is 1. The van der Waals surface area contributed by atoms with Gasteiger partial charge in [-0.3, -0.25) is 4.79 Å². The summed E-state index contributed by atoms with van der Waals surface area (Å²) in [6.07, 6.45) is 0.625. The summed E-state index contributed by atoms with van der Waals surface area (Å²) in [6, 6.07) is 5.98. The van der Waals surface area contributed by atoms with E-state index in [2.05, 4.69) is 15.9 Å². The lowest BCUT2D eigenvalue weighted by atomic mass is 10.2. The summed E-state index contributed by atoms with van der Waals surface area (Å²) >= 11 is 3.20. The minimum absolute atomic E-state index is 0.0431. The van der Waals surface area contributed by atoms with Crippen molar-refractivity contribution in [1.29, 1.82) is 0 Å². The molecule has 0 aliphatic carbocycles. The van der Waals surface area contributed by atoms with Crippen LogP contribution in [0.25, 0.3) is 0 Å². The Morgan fingerprint density at radius 2 is 1.88 bits per heavy atom. The molecule has 1 aromatic rings. The molecule has 0 aromatic heterocycles. The molecule has 0 fully saturated rings. The second kappa shape index (κ2) is 5.64. The molecule has 0 amide bonds. The Balaban J connectivity index is 3.16. The van der Waals surface area contributed by atoms with Crippen molar-refractivity contribution in [3.63, 3.8) is 0 Å². The van der Waals surface area contributed by atoms with Crippen molar-refractivity contribution in [3.05, 3.63) is 28.7 Å². The Morgan fingerprint density at radius 3 is 2.29 bits per heavy atom. The van der Waals surface area contributed by atoms with Crippen LogP contribution in [0, 0.1) is 0 Å². The molecule has 17 heavy (non-hydrogen) atoms. The van der Waals surface area contributed by atoms with Gasteiger partial charge in [0.05, 0.1) is 4.90 Å². The summed E-state index contributed by atoms with van der Waals surface area (Å²) in [7, 11) is -3.80. The van der Waals surface area contributed by atoms with Gasteiger partial charge in [-0.25, -0.2) is 8.42 Å². The first-order chi connectivity index (χ1) is 7.89. The zero-order chi connectivity index (χ0) is 13.1. The fraction of sp³-hybridized carbons (Fsp3) is 0.364. The lowest BCUT2D eigenvalue weighted by Gasteiger charge is -2.12. The van der Waals surface area contributed by atoms with Gasteiger partial charge in [0.1, 0.15) is 0 Å². The van der Waals surface area contributed by atoms with Crippen LogP contribution >= 0.6 is 15.9 Å². The number of aliphatic carboxylic acids is 1. The quantitative estimate of drug-likeness (QED) is 0.904. The molecule has 1 atom stereocenters. The molecule has 0 heterocycles. The zero-order valence-corrected chi connectivity index (χ0v) is 11.7. The van der Waals surface area contributed by atoms with Crippen LogP contribution in [-0.2, 0) is 14.6 Å². The predicted octanol–water partition coefficient (Wildman–Crippen LogP) is 2.48. The Morgan fingerprint density at radius 1 is 1.35 bits per heavy atom. The molecule has 0 saturated heterocycles. The fourth-order valence-corrected chi connectivity index (χ4v) is 3.38. The van der Waals surface area contributed by atoms with Crippen LogP contribution in [0.4, 0.5) is 0 Å². The minimum Gasteiger partial charge on any atom is -0.480 e. The van der Waals surface area contributed by atoms with Crippen molar-refractivity contribution in [3.8, 4) is 0 Å². The summed E-state index contributed by atoms with van der Waals surface area (Å²) in [5.41, 5.74) is 0. The van der Waals surface area contributed by atoms with Crippen molar-refractivity contribution >= 4 is 31.7 Å². The zero-order valence-electron chi connectivity index (χ0n) is 9.26. The van der Waals surface area contributed by atoms with Gasteiger partial charge in [-0.2, -0.15) is 0 Å². The van der Waals surface area contributed by atoms with Gasteiger partial charge < -0.3 is 5.11 Å². The smallest absolute Gasteiger partial charge is 0.322 e. The molecular weight excluding hydrogens is 308 g/mol. The SMILES string of the molecule is CCCC(C(=O)O)S(=O)(=O)c1ccc(Br)cc1. The van der Waals surface area contributed by atoms with E-state index in [1.807, 2.05) is 0 Å². The Kier molecular flexibility index (Phi) is 4.70. The third kappa shape index (κ3) is 3.29. The second-order valence-corrected chi connectivity index (χ2v) is 6.66. The number of carboxylic acids is 1. The predicted molar refractivity (Wildman–Crippen MR) is 67.7 cm³/mol. The molecular formula is C11H13BrO4S. The van der Waals surface area contributed by atoms with Crippen molar-refractivity contribution in [2.75, 3.05) is 0 Å². The van der Waals surface area contributed by atoms with Gasteiger partial charge in [-0.05, 0) is 30.7 Å². The van der Waals surface area contributed by atoms with Gasteiger partial charge in [0.2, 0.25) is 0 Å². The van der Waals surface area contributed by atoms with Crippen LogP contribution in [0.2, 0.25) is 0 Å². The molecule has 0 saturated carbocycles. The van der Waals surface area contributed by atoms with Crippen molar-refractivity contribution < 1.29 is 18.3 Å². The average Bonchev–Trinajstić information content (AvgIpc) is 2.25. The highest BCUT2D eigenvalue weighted by Gasteiger charge is 2.32. The van der Waals surface area contributed by atoms with E-state index < -0.39 is 21.1 Å².